The molecule has 4 aromatic rings. The van der Waals surface area contributed by atoms with E-state index in [-0.39, 0.29) is 11.3 Å². The monoisotopic (exact) mass is 484 g/mol. The van der Waals surface area contributed by atoms with E-state index >= 15 is 0 Å². The van der Waals surface area contributed by atoms with Gasteiger partial charge in [0.25, 0.3) is 5.92 Å². The van der Waals surface area contributed by atoms with Gasteiger partial charge in [0, 0.05) is 34.2 Å². The molecule has 1 aromatic heterocycles. The normalized spacial score (nSPS) is 11.8. The summed E-state index contributed by atoms with van der Waals surface area (Å²) in [6.45, 7) is 0.714. The topological polar surface area (TPSA) is 55.8 Å². The molecule has 0 radical (unpaired) electrons. The second-order valence-electron chi connectivity index (χ2n) is 7.55. The third-order valence-corrected chi connectivity index (χ3v) is 6.21. The summed E-state index contributed by atoms with van der Waals surface area (Å²) in [7, 11) is 1.28. The van der Waals surface area contributed by atoms with Crippen LogP contribution in [0.4, 0.5) is 13.2 Å². The maximum atomic E-state index is 14.4. The number of carbonyl (C=O) groups excluding carboxylic acids is 1. The van der Waals surface area contributed by atoms with Gasteiger partial charge in [-0.2, -0.15) is 0 Å². The van der Waals surface area contributed by atoms with Crippen LogP contribution >= 0.6 is 11.3 Å². The van der Waals surface area contributed by atoms with E-state index in [1.54, 1.807) is 36.4 Å². The number of hydrogen-bond acceptors (Lipinski definition) is 5. The van der Waals surface area contributed by atoms with Gasteiger partial charge >= 0.3 is 5.97 Å². The van der Waals surface area contributed by atoms with Gasteiger partial charge in [-0.25, -0.2) is 18.0 Å². The molecule has 0 spiro atoms. The SMILES string of the molecule is COC(=O)/C=C/c1ccc(Oc2c(-c3ccc(F)cc3C(C)(F)F)sc3cc(O)ccc23)cc1. The van der Waals surface area contributed by atoms with E-state index in [0.29, 0.717) is 33.4 Å². The van der Waals surface area contributed by atoms with E-state index in [9.17, 15) is 23.1 Å². The van der Waals surface area contributed by atoms with E-state index in [1.807, 2.05) is 0 Å². The second kappa shape index (κ2) is 9.23. The largest absolute Gasteiger partial charge is 0.508 e. The fourth-order valence-electron chi connectivity index (χ4n) is 3.42. The summed E-state index contributed by atoms with van der Waals surface area (Å²) < 4.78 is 53.9. The Morgan fingerprint density at radius 2 is 1.79 bits per heavy atom. The number of benzene rings is 3. The van der Waals surface area contributed by atoms with Gasteiger partial charge in [0.1, 0.15) is 17.3 Å². The van der Waals surface area contributed by atoms with Gasteiger partial charge in [-0.3, -0.25) is 0 Å². The first-order valence-electron chi connectivity index (χ1n) is 10.1. The molecule has 8 heteroatoms. The van der Waals surface area contributed by atoms with E-state index in [4.69, 9.17) is 4.74 Å². The predicted molar refractivity (Wildman–Crippen MR) is 126 cm³/mol. The number of ether oxygens (including phenoxy) is 2. The van der Waals surface area contributed by atoms with Gasteiger partial charge in [0.05, 0.1) is 12.0 Å². The molecule has 0 bridgehead atoms. The number of hydrogen-bond donors (Lipinski definition) is 1. The third-order valence-electron chi connectivity index (χ3n) is 5.04. The van der Waals surface area contributed by atoms with Crippen molar-refractivity contribution in [2.45, 2.75) is 12.8 Å². The number of methoxy groups -OCH3 is 1. The first-order chi connectivity index (χ1) is 16.2. The number of esters is 1. The second-order valence-corrected chi connectivity index (χ2v) is 8.60. The maximum Gasteiger partial charge on any atom is 0.330 e. The Bertz CT molecular complexity index is 1390. The number of phenols is 1. The Balaban J connectivity index is 1.81. The van der Waals surface area contributed by atoms with Crippen LogP contribution in [0.3, 0.4) is 0 Å². The summed E-state index contributed by atoms with van der Waals surface area (Å²) in [6, 6.07) is 14.7. The smallest absolute Gasteiger partial charge is 0.330 e. The number of fused-ring (bicyclic) bond motifs is 1. The maximum absolute atomic E-state index is 14.4. The highest BCUT2D eigenvalue weighted by Gasteiger charge is 2.31. The minimum atomic E-state index is -3.29. The molecule has 1 heterocycles. The highest BCUT2D eigenvalue weighted by atomic mass is 32.1. The zero-order valence-corrected chi connectivity index (χ0v) is 19.0. The molecule has 0 aliphatic rings. The lowest BCUT2D eigenvalue weighted by Gasteiger charge is -2.16. The van der Waals surface area contributed by atoms with Crippen molar-refractivity contribution < 1.29 is 32.5 Å². The number of rotatable bonds is 6. The van der Waals surface area contributed by atoms with Gasteiger partial charge in [-0.1, -0.05) is 18.2 Å². The predicted octanol–water partition coefficient (Wildman–Crippen LogP) is 7.50. The fourth-order valence-corrected chi connectivity index (χ4v) is 4.62. The Morgan fingerprint density at radius 3 is 2.47 bits per heavy atom. The molecule has 0 saturated heterocycles. The number of aromatic hydroxyl groups is 1. The van der Waals surface area contributed by atoms with Crippen molar-refractivity contribution in [1.29, 1.82) is 0 Å². The Hall–Kier alpha value is -3.78. The van der Waals surface area contributed by atoms with Gasteiger partial charge in [0.15, 0.2) is 5.75 Å². The number of phenolic OH excluding ortho intramolecular Hbond substituents is 1. The summed E-state index contributed by atoms with van der Waals surface area (Å²) in [5.74, 6) is -3.78. The van der Waals surface area contributed by atoms with Crippen LogP contribution in [0.25, 0.3) is 26.6 Å². The molecule has 0 atom stereocenters. The van der Waals surface area contributed by atoms with Crippen LogP contribution in [0, 0.1) is 5.82 Å². The first kappa shape index (κ1) is 23.4. The van der Waals surface area contributed by atoms with Crippen molar-refractivity contribution >= 4 is 33.5 Å². The Kier molecular flexibility index (Phi) is 6.34. The molecule has 1 N–H and O–H groups in total. The van der Waals surface area contributed by atoms with Gasteiger partial charge < -0.3 is 14.6 Å². The lowest BCUT2D eigenvalue weighted by Crippen LogP contribution is -2.09. The summed E-state index contributed by atoms with van der Waals surface area (Å²) >= 11 is 1.16. The lowest BCUT2D eigenvalue weighted by atomic mass is 10.00. The Morgan fingerprint density at radius 1 is 1.06 bits per heavy atom. The average molecular weight is 484 g/mol. The minimum Gasteiger partial charge on any atom is -0.508 e. The van der Waals surface area contributed by atoms with E-state index in [0.717, 1.165) is 29.0 Å². The standard InChI is InChI=1S/C26H19F3O4S/c1-26(28,29)21-13-16(27)6-10-19(21)25-24(20-11-7-17(30)14-22(20)34-25)33-18-8-3-15(4-9-18)5-12-23(31)32-2/h3-14,30H,1-2H3/b12-5+. The van der Waals surface area contributed by atoms with Crippen LogP contribution in [0.15, 0.2) is 66.7 Å². The minimum absolute atomic E-state index is 0.0220. The molecule has 0 amide bonds. The highest BCUT2D eigenvalue weighted by Crippen LogP contribution is 2.49. The molecular weight excluding hydrogens is 465 g/mol. The van der Waals surface area contributed by atoms with Crippen molar-refractivity contribution in [3.63, 3.8) is 0 Å². The van der Waals surface area contributed by atoms with Crippen molar-refractivity contribution in [1.82, 2.24) is 0 Å². The third kappa shape index (κ3) is 4.92. The van der Waals surface area contributed by atoms with Crippen molar-refractivity contribution in [2.24, 2.45) is 0 Å². The lowest BCUT2D eigenvalue weighted by molar-refractivity contribution is -0.134. The number of halogens is 3. The fraction of sp³-hybridized carbons (Fsp3) is 0.115. The first-order valence-corrected chi connectivity index (χ1v) is 10.9. The summed E-state index contributed by atoms with van der Waals surface area (Å²) in [5.41, 5.74) is 0.406. The molecule has 0 saturated carbocycles. The van der Waals surface area contributed by atoms with Gasteiger partial charge in [-0.05, 0) is 54.1 Å². The summed E-state index contributed by atoms with van der Waals surface area (Å²) in [6.07, 6.45) is 2.87. The summed E-state index contributed by atoms with van der Waals surface area (Å²) in [4.78, 5) is 11.7. The molecular formula is C26H19F3O4S. The van der Waals surface area contributed by atoms with Crippen molar-refractivity contribution in [2.75, 3.05) is 7.11 Å². The zero-order valence-electron chi connectivity index (χ0n) is 18.1. The van der Waals surface area contributed by atoms with Crippen LogP contribution in [0.1, 0.15) is 18.1 Å². The molecule has 0 aliphatic carbocycles. The molecule has 4 rings (SSSR count). The van der Waals surface area contributed by atoms with Crippen LogP contribution in [-0.4, -0.2) is 18.2 Å². The molecule has 34 heavy (non-hydrogen) atoms. The van der Waals surface area contributed by atoms with E-state index in [1.165, 1.54) is 31.4 Å². The number of thiophene rings is 1. The van der Waals surface area contributed by atoms with Crippen molar-refractivity contribution in [3.8, 4) is 27.7 Å². The number of alkyl halides is 2. The Labute approximate surface area is 197 Å². The van der Waals surface area contributed by atoms with Crippen LogP contribution in [0.2, 0.25) is 0 Å². The molecule has 4 nitrogen and oxygen atoms in total. The number of carbonyl (C=O) groups is 1. The van der Waals surface area contributed by atoms with Crippen LogP contribution < -0.4 is 4.74 Å². The molecule has 0 fully saturated rings. The van der Waals surface area contributed by atoms with E-state index in [2.05, 4.69) is 4.74 Å². The zero-order chi connectivity index (χ0) is 24.5. The molecule has 0 aliphatic heterocycles. The van der Waals surface area contributed by atoms with Gasteiger partial charge in [-0.15, -0.1) is 11.3 Å². The molecule has 3 aromatic carbocycles. The average Bonchev–Trinajstić information content (AvgIpc) is 3.14. The molecule has 174 valence electrons. The quantitative estimate of drug-likeness (QED) is 0.227. The van der Waals surface area contributed by atoms with Crippen LogP contribution in [0.5, 0.6) is 17.2 Å². The van der Waals surface area contributed by atoms with Gasteiger partial charge in [0.2, 0.25) is 0 Å². The van der Waals surface area contributed by atoms with Crippen molar-refractivity contribution in [3.05, 3.63) is 83.7 Å². The summed E-state index contributed by atoms with van der Waals surface area (Å²) in [5, 5.41) is 10.5. The van der Waals surface area contributed by atoms with E-state index < -0.39 is 23.3 Å². The van der Waals surface area contributed by atoms with Crippen LogP contribution in [-0.2, 0) is 15.5 Å². The highest BCUT2D eigenvalue weighted by molar-refractivity contribution is 7.22. The molecule has 0 unspecified atom stereocenters.